The molecule has 2 heterocycles. The molecular formula is C22H28BrFN2S2. The quantitative estimate of drug-likeness (QED) is 0.241. The summed E-state index contributed by atoms with van der Waals surface area (Å²) in [4.78, 5) is 1.08. The summed E-state index contributed by atoms with van der Waals surface area (Å²) in [5.41, 5.74) is 3.60. The Morgan fingerprint density at radius 3 is 2.25 bits per heavy atom. The summed E-state index contributed by atoms with van der Waals surface area (Å²) in [6, 6.07) is 3.77. The molecule has 2 aromatic heterocycles. The van der Waals surface area contributed by atoms with Crippen molar-refractivity contribution in [2.75, 3.05) is 0 Å². The van der Waals surface area contributed by atoms with Gasteiger partial charge in [0.25, 0.3) is 0 Å². The van der Waals surface area contributed by atoms with Crippen LogP contribution < -0.4 is 0 Å². The summed E-state index contributed by atoms with van der Waals surface area (Å²) < 4.78 is 23.2. The maximum atomic E-state index is 14.2. The van der Waals surface area contributed by atoms with Gasteiger partial charge in [-0.3, -0.25) is 0 Å². The predicted octanol–water partition coefficient (Wildman–Crippen LogP) is 8.78. The third-order valence-corrected chi connectivity index (χ3v) is 7.47. The third kappa shape index (κ3) is 5.83. The van der Waals surface area contributed by atoms with E-state index < -0.39 is 0 Å². The van der Waals surface area contributed by atoms with Crippen LogP contribution in [0, 0.1) is 5.82 Å². The van der Waals surface area contributed by atoms with E-state index in [-0.39, 0.29) is 5.82 Å². The van der Waals surface area contributed by atoms with Gasteiger partial charge >= 0.3 is 0 Å². The van der Waals surface area contributed by atoms with Gasteiger partial charge in [0, 0.05) is 10.4 Å². The van der Waals surface area contributed by atoms with E-state index in [1.807, 2.05) is 0 Å². The second-order valence-corrected chi connectivity index (χ2v) is 9.67. The number of nitrogens with zero attached hydrogens (tertiary/aromatic N) is 2. The summed E-state index contributed by atoms with van der Waals surface area (Å²) >= 11 is 6.08. The van der Waals surface area contributed by atoms with Crippen molar-refractivity contribution in [3.05, 3.63) is 33.4 Å². The number of thiophene rings is 1. The van der Waals surface area contributed by atoms with Crippen LogP contribution in [0.1, 0.15) is 76.7 Å². The van der Waals surface area contributed by atoms with Gasteiger partial charge in [-0.15, -0.1) is 11.3 Å². The molecule has 6 heteroatoms. The van der Waals surface area contributed by atoms with E-state index in [9.17, 15) is 4.39 Å². The fourth-order valence-electron chi connectivity index (χ4n) is 3.53. The van der Waals surface area contributed by atoms with Crippen molar-refractivity contribution in [1.29, 1.82) is 0 Å². The summed E-state index contributed by atoms with van der Waals surface area (Å²) in [5, 5.41) is 2.20. The number of fused-ring (bicyclic) bond motifs is 1. The van der Waals surface area contributed by atoms with Crippen LogP contribution in [0.3, 0.4) is 0 Å². The second-order valence-electron chi connectivity index (χ2n) is 7.43. The van der Waals surface area contributed by atoms with E-state index in [4.69, 9.17) is 0 Å². The van der Waals surface area contributed by atoms with Crippen LogP contribution in [-0.2, 0) is 6.42 Å². The highest BCUT2D eigenvalue weighted by atomic mass is 79.9. The van der Waals surface area contributed by atoms with Crippen molar-refractivity contribution in [3.63, 3.8) is 0 Å². The van der Waals surface area contributed by atoms with Gasteiger partial charge in [0.05, 0.1) is 16.2 Å². The molecule has 0 atom stereocenters. The molecule has 28 heavy (non-hydrogen) atoms. The molecule has 0 saturated carbocycles. The van der Waals surface area contributed by atoms with Crippen molar-refractivity contribution < 1.29 is 4.39 Å². The normalized spacial score (nSPS) is 11.5. The van der Waals surface area contributed by atoms with Crippen LogP contribution in [-0.4, -0.2) is 8.75 Å². The SMILES string of the molecule is CCCCCCCCCCCCc1csc(-c2cc(F)c(Br)c3nsnc23)c1. The number of aromatic nitrogens is 2. The average Bonchev–Trinajstić information content (AvgIpc) is 3.36. The van der Waals surface area contributed by atoms with E-state index in [1.54, 1.807) is 17.4 Å². The van der Waals surface area contributed by atoms with Crippen molar-refractivity contribution in [2.45, 2.75) is 77.6 Å². The first-order valence-electron chi connectivity index (χ1n) is 10.4. The van der Waals surface area contributed by atoms with Gasteiger partial charge in [0.15, 0.2) is 0 Å². The number of rotatable bonds is 12. The van der Waals surface area contributed by atoms with Gasteiger partial charge < -0.3 is 0 Å². The van der Waals surface area contributed by atoms with Crippen LogP contribution in [0.2, 0.25) is 0 Å². The first-order valence-corrected chi connectivity index (χ1v) is 12.8. The first-order chi connectivity index (χ1) is 13.7. The maximum absolute atomic E-state index is 14.2. The lowest BCUT2D eigenvalue weighted by Crippen LogP contribution is -1.86. The molecule has 1 aromatic carbocycles. The molecule has 2 nitrogen and oxygen atoms in total. The van der Waals surface area contributed by atoms with Crippen molar-refractivity contribution in [1.82, 2.24) is 8.75 Å². The van der Waals surface area contributed by atoms with Crippen LogP contribution in [0.5, 0.6) is 0 Å². The number of unbranched alkanes of at least 4 members (excludes halogenated alkanes) is 9. The van der Waals surface area contributed by atoms with Gasteiger partial charge in [-0.05, 0) is 51.8 Å². The number of hydrogen-bond acceptors (Lipinski definition) is 4. The smallest absolute Gasteiger partial charge is 0.140 e. The Morgan fingerprint density at radius 2 is 1.54 bits per heavy atom. The Labute approximate surface area is 184 Å². The van der Waals surface area contributed by atoms with Gasteiger partial charge in [0.2, 0.25) is 0 Å². The topological polar surface area (TPSA) is 25.8 Å². The molecule has 0 radical (unpaired) electrons. The van der Waals surface area contributed by atoms with Crippen molar-refractivity contribution >= 4 is 50.0 Å². The monoisotopic (exact) mass is 482 g/mol. The van der Waals surface area contributed by atoms with Gasteiger partial charge in [-0.1, -0.05) is 64.7 Å². The molecule has 0 amide bonds. The Hall–Kier alpha value is -0.850. The third-order valence-electron chi connectivity index (χ3n) is 5.17. The Morgan fingerprint density at radius 1 is 0.893 bits per heavy atom. The number of halogens is 2. The molecule has 3 aromatic rings. The van der Waals surface area contributed by atoms with Gasteiger partial charge in [-0.2, -0.15) is 8.75 Å². The summed E-state index contributed by atoms with van der Waals surface area (Å²) in [6.45, 7) is 2.27. The summed E-state index contributed by atoms with van der Waals surface area (Å²) in [7, 11) is 0. The predicted molar refractivity (Wildman–Crippen MR) is 124 cm³/mol. The van der Waals surface area contributed by atoms with Crippen molar-refractivity contribution in [2.24, 2.45) is 0 Å². The highest BCUT2D eigenvalue weighted by molar-refractivity contribution is 9.10. The summed E-state index contributed by atoms with van der Waals surface area (Å²) in [5.74, 6) is -0.278. The standard InChI is InChI=1S/C22H28BrFN2S2/c1-2-3-4-5-6-7-8-9-10-11-12-16-13-19(27-15-16)17-14-18(24)20(23)22-21(17)25-28-26-22/h13-15H,2-12H2,1H3. The average molecular weight is 484 g/mol. The molecule has 3 rings (SSSR count). The zero-order valence-electron chi connectivity index (χ0n) is 16.5. The van der Waals surface area contributed by atoms with Gasteiger partial charge in [0.1, 0.15) is 16.9 Å². The number of benzene rings is 1. The Bertz CT molecular complexity index is 875. The molecule has 0 N–H and O–H groups in total. The fourth-order valence-corrected chi connectivity index (χ4v) is 5.57. The summed E-state index contributed by atoms with van der Waals surface area (Å²) in [6.07, 6.45) is 14.7. The van der Waals surface area contributed by atoms with E-state index in [0.717, 1.165) is 34.1 Å². The largest absolute Gasteiger partial charge is 0.206 e. The Kier molecular flexibility index (Phi) is 8.87. The molecule has 0 fully saturated rings. The molecule has 0 saturated heterocycles. The number of hydrogen-bond donors (Lipinski definition) is 0. The first kappa shape index (κ1) is 21.8. The number of aryl methyl sites for hydroxylation is 1. The van der Waals surface area contributed by atoms with Crippen LogP contribution in [0.15, 0.2) is 22.0 Å². The van der Waals surface area contributed by atoms with E-state index in [2.05, 4.69) is 43.0 Å². The minimum atomic E-state index is -0.278. The second kappa shape index (κ2) is 11.4. The fraction of sp³-hybridized carbons (Fsp3) is 0.545. The molecule has 0 unspecified atom stereocenters. The highest BCUT2D eigenvalue weighted by Crippen LogP contribution is 2.37. The minimum Gasteiger partial charge on any atom is -0.206 e. The Balaban J connectivity index is 1.44. The zero-order chi connectivity index (χ0) is 19.8. The molecule has 0 aliphatic heterocycles. The lowest BCUT2D eigenvalue weighted by Gasteiger charge is -2.02. The van der Waals surface area contributed by atoms with Gasteiger partial charge in [-0.25, -0.2) is 4.39 Å². The molecular weight excluding hydrogens is 455 g/mol. The molecule has 152 valence electrons. The van der Waals surface area contributed by atoms with Crippen LogP contribution in [0.4, 0.5) is 4.39 Å². The minimum absolute atomic E-state index is 0.278. The molecule has 0 aliphatic carbocycles. The zero-order valence-corrected chi connectivity index (χ0v) is 19.7. The lowest BCUT2D eigenvalue weighted by atomic mass is 10.0. The van der Waals surface area contributed by atoms with E-state index >= 15 is 0 Å². The molecule has 0 aliphatic rings. The van der Waals surface area contributed by atoms with Crippen LogP contribution >= 0.6 is 39.0 Å². The van der Waals surface area contributed by atoms with Crippen LogP contribution in [0.25, 0.3) is 21.5 Å². The lowest BCUT2D eigenvalue weighted by molar-refractivity contribution is 0.556. The van der Waals surface area contributed by atoms with E-state index in [1.165, 1.54) is 69.8 Å². The van der Waals surface area contributed by atoms with E-state index in [0.29, 0.717) is 9.99 Å². The molecule has 0 spiro atoms. The molecule has 0 bridgehead atoms. The highest BCUT2D eigenvalue weighted by Gasteiger charge is 2.16. The van der Waals surface area contributed by atoms with Crippen molar-refractivity contribution in [3.8, 4) is 10.4 Å². The maximum Gasteiger partial charge on any atom is 0.140 e.